The zero-order chi connectivity index (χ0) is 10.1. The number of hydrogen-bond acceptors (Lipinski definition) is 2. The Kier molecular flexibility index (Phi) is 7.04. The van der Waals surface area contributed by atoms with Crippen LogP contribution in [0.1, 0.15) is 33.1 Å². The molecule has 0 rings (SSSR count). The minimum atomic E-state index is -0.361. The Morgan fingerprint density at radius 2 is 2.31 bits per heavy atom. The molecule has 0 saturated carbocycles. The van der Waals surface area contributed by atoms with Crippen molar-refractivity contribution < 1.29 is 4.79 Å². The van der Waals surface area contributed by atoms with E-state index >= 15 is 0 Å². The van der Waals surface area contributed by atoms with E-state index in [4.69, 9.17) is 5.73 Å². The summed E-state index contributed by atoms with van der Waals surface area (Å²) in [5, 5.41) is 2.74. The van der Waals surface area contributed by atoms with Crippen LogP contribution in [0.25, 0.3) is 0 Å². The lowest BCUT2D eigenvalue weighted by molar-refractivity contribution is -0.122. The maximum absolute atomic E-state index is 11.2. The van der Waals surface area contributed by atoms with Crippen LogP contribution in [0, 0.1) is 11.8 Å². The Hall–Kier alpha value is -1.01. The van der Waals surface area contributed by atoms with Gasteiger partial charge >= 0.3 is 0 Å². The largest absolute Gasteiger partial charge is 0.354 e. The van der Waals surface area contributed by atoms with Crippen LogP contribution in [0.3, 0.4) is 0 Å². The Labute approximate surface area is 80.1 Å². The van der Waals surface area contributed by atoms with Crippen LogP contribution in [-0.4, -0.2) is 18.5 Å². The number of carbonyl (C=O) groups is 1. The molecule has 0 unspecified atom stereocenters. The van der Waals surface area contributed by atoms with Crippen molar-refractivity contribution in [1.29, 1.82) is 0 Å². The first kappa shape index (κ1) is 12.0. The third-order valence-corrected chi connectivity index (χ3v) is 1.66. The quantitative estimate of drug-likeness (QED) is 0.484. The first-order chi connectivity index (χ1) is 6.22. The molecule has 3 N–H and O–H groups in total. The molecule has 74 valence electrons. The van der Waals surface area contributed by atoms with Crippen molar-refractivity contribution in [2.75, 3.05) is 6.54 Å². The SMILES string of the molecule is CC#CCCNC(=O)[C@@H](N)CCC. The van der Waals surface area contributed by atoms with Gasteiger partial charge in [0, 0.05) is 13.0 Å². The van der Waals surface area contributed by atoms with Crippen molar-refractivity contribution >= 4 is 5.91 Å². The Balaban J connectivity index is 3.53. The fourth-order valence-electron chi connectivity index (χ4n) is 0.946. The summed E-state index contributed by atoms with van der Waals surface area (Å²) in [4.78, 5) is 11.2. The van der Waals surface area contributed by atoms with Crippen molar-refractivity contribution in [1.82, 2.24) is 5.32 Å². The van der Waals surface area contributed by atoms with Crippen LogP contribution in [0.4, 0.5) is 0 Å². The molecule has 0 aromatic heterocycles. The summed E-state index contributed by atoms with van der Waals surface area (Å²) in [5.74, 6) is 5.56. The highest BCUT2D eigenvalue weighted by Gasteiger charge is 2.10. The molecular weight excluding hydrogens is 164 g/mol. The summed E-state index contributed by atoms with van der Waals surface area (Å²) in [5.41, 5.74) is 5.59. The molecule has 3 nitrogen and oxygen atoms in total. The minimum absolute atomic E-state index is 0.0697. The minimum Gasteiger partial charge on any atom is -0.354 e. The van der Waals surface area contributed by atoms with E-state index in [1.165, 1.54) is 0 Å². The van der Waals surface area contributed by atoms with Crippen molar-refractivity contribution in [2.24, 2.45) is 5.73 Å². The van der Waals surface area contributed by atoms with Crippen molar-refractivity contribution in [2.45, 2.75) is 39.2 Å². The maximum atomic E-state index is 11.2. The summed E-state index contributed by atoms with van der Waals surface area (Å²) in [7, 11) is 0. The second-order valence-electron chi connectivity index (χ2n) is 2.86. The highest BCUT2D eigenvalue weighted by Crippen LogP contribution is 1.92. The number of amides is 1. The van der Waals surface area contributed by atoms with Gasteiger partial charge in [-0.3, -0.25) is 4.79 Å². The zero-order valence-electron chi connectivity index (χ0n) is 8.39. The number of carbonyl (C=O) groups excluding carboxylic acids is 1. The highest BCUT2D eigenvalue weighted by atomic mass is 16.2. The standard InChI is InChI=1S/C10H18N2O/c1-3-5-6-8-12-10(13)9(11)7-4-2/h9H,4,6-8,11H2,1-2H3,(H,12,13)/t9-/m0/s1. The van der Waals surface area contributed by atoms with E-state index in [0.717, 1.165) is 12.8 Å². The first-order valence-electron chi connectivity index (χ1n) is 4.65. The van der Waals surface area contributed by atoms with Crippen molar-refractivity contribution in [3.8, 4) is 11.8 Å². The van der Waals surface area contributed by atoms with Crippen LogP contribution in [-0.2, 0) is 4.79 Å². The molecule has 0 spiro atoms. The number of nitrogens with two attached hydrogens (primary N) is 1. The topological polar surface area (TPSA) is 55.1 Å². The average molecular weight is 182 g/mol. The van der Waals surface area contributed by atoms with Crippen LogP contribution in [0.15, 0.2) is 0 Å². The van der Waals surface area contributed by atoms with Gasteiger partial charge in [0.25, 0.3) is 0 Å². The molecule has 0 fully saturated rings. The van der Waals surface area contributed by atoms with Gasteiger partial charge in [-0.15, -0.1) is 11.8 Å². The Morgan fingerprint density at radius 1 is 1.62 bits per heavy atom. The van der Waals surface area contributed by atoms with Crippen molar-refractivity contribution in [3.05, 3.63) is 0 Å². The summed E-state index contributed by atoms with van der Waals surface area (Å²) in [6.07, 6.45) is 2.37. The van der Waals surface area contributed by atoms with E-state index in [0.29, 0.717) is 13.0 Å². The lowest BCUT2D eigenvalue weighted by atomic mass is 10.2. The molecule has 0 aliphatic carbocycles. The second kappa shape index (κ2) is 7.63. The van der Waals surface area contributed by atoms with E-state index in [2.05, 4.69) is 17.2 Å². The van der Waals surface area contributed by atoms with Gasteiger partial charge in [0.15, 0.2) is 0 Å². The first-order valence-corrected chi connectivity index (χ1v) is 4.65. The number of rotatable bonds is 5. The average Bonchev–Trinajstić information content (AvgIpc) is 2.12. The molecule has 1 amide bonds. The molecule has 0 aliphatic heterocycles. The lowest BCUT2D eigenvalue weighted by Gasteiger charge is -2.09. The van der Waals surface area contributed by atoms with Gasteiger partial charge in [0.2, 0.25) is 5.91 Å². The van der Waals surface area contributed by atoms with Crippen molar-refractivity contribution in [3.63, 3.8) is 0 Å². The predicted molar refractivity (Wildman–Crippen MR) is 54.0 cm³/mol. The summed E-state index contributed by atoms with van der Waals surface area (Å²) in [6, 6.07) is -0.361. The number of nitrogens with one attached hydrogen (secondary N) is 1. The molecule has 0 radical (unpaired) electrons. The van der Waals surface area contributed by atoms with Gasteiger partial charge in [-0.1, -0.05) is 13.3 Å². The molecule has 0 aromatic rings. The fourth-order valence-corrected chi connectivity index (χ4v) is 0.946. The molecular formula is C10H18N2O. The zero-order valence-corrected chi connectivity index (χ0v) is 8.39. The predicted octanol–water partition coefficient (Wildman–Crippen LogP) is 0.643. The molecule has 0 aliphatic rings. The summed E-state index contributed by atoms with van der Waals surface area (Å²) in [6.45, 7) is 4.39. The molecule has 1 atom stereocenters. The smallest absolute Gasteiger partial charge is 0.236 e. The third-order valence-electron chi connectivity index (χ3n) is 1.66. The van der Waals surface area contributed by atoms with Crippen LogP contribution < -0.4 is 11.1 Å². The summed E-state index contributed by atoms with van der Waals surface area (Å²) >= 11 is 0. The second-order valence-corrected chi connectivity index (χ2v) is 2.86. The number of hydrogen-bond donors (Lipinski definition) is 2. The molecule has 0 heterocycles. The lowest BCUT2D eigenvalue weighted by Crippen LogP contribution is -2.40. The monoisotopic (exact) mass is 182 g/mol. The molecule has 0 bridgehead atoms. The van der Waals surface area contributed by atoms with Crippen LogP contribution in [0.2, 0.25) is 0 Å². The normalized spacial score (nSPS) is 11.3. The van der Waals surface area contributed by atoms with E-state index in [-0.39, 0.29) is 11.9 Å². The van der Waals surface area contributed by atoms with Gasteiger partial charge in [-0.2, -0.15) is 0 Å². The Bertz CT molecular complexity index is 203. The fraction of sp³-hybridized carbons (Fsp3) is 0.700. The maximum Gasteiger partial charge on any atom is 0.236 e. The molecule has 3 heteroatoms. The Morgan fingerprint density at radius 3 is 2.85 bits per heavy atom. The van der Waals surface area contributed by atoms with Gasteiger partial charge in [-0.05, 0) is 13.3 Å². The van der Waals surface area contributed by atoms with E-state index in [1.807, 2.05) is 6.92 Å². The molecule has 13 heavy (non-hydrogen) atoms. The van der Waals surface area contributed by atoms with Gasteiger partial charge in [0.05, 0.1) is 6.04 Å². The van der Waals surface area contributed by atoms with E-state index < -0.39 is 0 Å². The van der Waals surface area contributed by atoms with Gasteiger partial charge < -0.3 is 11.1 Å². The molecule has 0 aromatic carbocycles. The van der Waals surface area contributed by atoms with Gasteiger partial charge in [0.1, 0.15) is 0 Å². The van der Waals surface area contributed by atoms with E-state index in [1.54, 1.807) is 6.92 Å². The highest BCUT2D eigenvalue weighted by molar-refractivity contribution is 5.81. The van der Waals surface area contributed by atoms with Crippen LogP contribution >= 0.6 is 0 Å². The van der Waals surface area contributed by atoms with Gasteiger partial charge in [-0.25, -0.2) is 0 Å². The van der Waals surface area contributed by atoms with E-state index in [9.17, 15) is 4.79 Å². The molecule has 0 saturated heterocycles. The van der Waals surface area contributed by atoms with Crippen LogP contribution in [0.5, 0.6) is 0 Å². The third kappa shape index (κ3) is 6.18. The summed E-state index contributed by atoms with van der Waals surface area (Å²) < 4.78 is 0.